The highest BCUT2D eigenvalue weighted by molar-refractivity contribution is 8.13. The molecule has 1 aromatic rings. The van der Waals surface area contributed by atoms with Gasteiger partial charge in [-0.15, -0.1) is 0 Å². The lowest BCUT2D eigenvalue weighted by atomic mass is 10.1. The summed E-state index contributed by atoms with van der Waals surface area (Å²) in [6.07, 6.45) is 0. The highest BCUT2D eigenvalue weighted by Gasteiger charge is 2.09. The van der Waals surface area contributed by atoms with Crippen LogP contribution in [0.1, 0.15) is 11.1 Å². The second-order valence-electron chi connectivity index (χ2n) is 2.75. The van der Waals surface area contributed by atoms with Crippen molar-refractivity contribution < 1.29 is 8.42 Å². The van der Waals surface area contributed by atoms with Crippen molar-refractivity contribution in [3.63, 3.8) is 0 Å². The first-order chi connectivity index (χ1) is 5.88. The van der Waals surface area contributed by atoms with E-state index in [9.17, 15) is 8.42 Å². The van der Waals surface area contributed by atoms with Gasteiger partial charge in [0, 0.05) is 15.7 Å². The lowest BCUT2D eigenvalue weighted by molar-refractivity contribution is 0.609. The molecule has 0 fully saturated rings. The van der Waals surface area contributed by atoms with Crippen molar-refractivity contribution in [3.05, 3.63) is 34.3 Å². The number of hydrogen-bond acceptors (Lipinski definition) is 2. The van der Waals surface area contributed by atoms with Crippen molar-refractivity contribution in [3.8, 4) is 0 Å². The van der Waals surface area contributed by atoms with Gasteiger partial charge in [0.05, 0.1) is 5.75 Å². The van der Waals surface area contributed by atoms with Crippen LogP contribution in [0.4, 0.5) is 0 Å². The quantitative estimate of drug-likeness (QED) is 0.743. The molecule has 13 heavy (non-hydrogen) atoms. The highest BCUT2D eigenvalue weighted by Crippen LogP contribution is 2.18. The van der Waals surface area contributed by atoms with Crippen LogP contribution in [0.25, 0.3) is 0 Å². The second-order valence-corrected chi connectivity index (χ2v) is 5.97. The third kappa shape index (κ3) is 3.55. The Morgan fingerprint density at radius 2 is 2.00 bits per heavy atom. The molecule has 0 spiro atoms. The van der Waals surface area contributed by atoms with E-state index in [1.165, 1.54) is 0 Å². The predicted molar refractivity (Wildman–Crippen MR) is 54.7 cm³/mol. The van der Waals surface area contributed by atoms with Gasteiger partial charge < -0.3 is 0 Å². The van der Waals surface area contributed by atoms with Crippen molar-refractivity contribution in [1.82, 2.24) is 0 Å². The zero-order chi connectivity index (χ0) is 10.1. The smallest absolute Gasteiger partial charge is 0.212 e. The van der Waals surface area contributed by atoms with E-state index in [2.05, 4.69) is 0 Å². The Morgan fingerprint density at radius 3 is 2.54 bits per heavy atom. The average molecular weight is 239 g/mol. The largest absolute Gasteiger partial charge is 0.236 e. The summed E-state index contributed by atoms with van der Waals surface area (Å²) in [4.78, 5) is 0. The average Bonchev–Trinajstić information content (AvgIpc) is 1.94. The molecule has 5 heteroatoms. The first-order valence-corrected chi connectivity index (χ1v) is 6.41. The Kier molecular flexibility index (Phi) is 3.22. The van der Waals surface area contributed by atoms with Gasteiger partial charge in [-0.1, -0.05) is 17.7 Å². The van der Waals surface area contributed by atoms with E-state index in [0.29, 0.717) is 10.6 Å². The van der Waals surface area contributed by atoms with Gasteiger partial charge in [0.15, 0.2) is 0 Å². The summed E-state index contributed by atoms with van der Waals surface area (Å²) in [6, 6.07) is 5.08. The molecule has 0 aromatic heterocycles. The van der Waals surface area contributed by atoms with Crippen LogP contribution in [0.3, 0.4) is 0 Å². The lowest BCUT2D eigenvalue weighted by Gasteiger charge is -2.03. The molecule has 0 aliphatic heterocycles. The number of rotatable bonds is 2. The predicted octanol–water partition coefficient (Wildman–Crippen LogP) is 2.72. The minimum absolute atomic E-state index is 0.180. The second kappa shape index (κ2) is 3.86. The molecular formula is C8H8Cl2O2S. The molecule has 1 rings (SSSR count). The van der Waals surface area contributed by atoms with Crippen LogP contribution in [0, 0.1) is 6.92 Å². The summed E-state index contributed by atoms with van der Waals surface area (Å²) >= 11 is 5.71. The lowest BCUT2D eigenvalue weighted by Crippen LogP contribution is -1.97. The van der Waals surface area contributed by atoms with Crippen LogP contribution in [0.2, 0.25) is 5.02 Å². The summed E-state index contributed by atoms with van der Waals surface area (Å²) < 4.78 is 21.6. The van der Waals surface area contributed by atoms with Gasteiger partial charge in [-0.3, -0.25) is 0 Å². The maximum Gasteiger partial charge on any atom is 0.236 e. The van der Waals surface area contributed by atoms with Crippen LogP contribution in [0.5, 0.6) is 0 Å². The Balaban J connectivity index is 3.08. The van der Waals surface area contributed by atoms with Gasteiger partial charge in [-0.2, -0.15) is 0 Å². The van der Waals surface area contributed by atoms with Crippen LogP contribution in [-0.4, -0.2) is 8.42 Å². The SMILES string of the molecule is Cc1ccc(Cl)cc1CS(=O)(=O)Cl. The number of benzene rings is 1. The van der Waals surface area contributed by atoms with E-state index in [0.717, 1.165) is 5.56 Å². The molecule has 0 unspecified atom stereocenters. The van der Waals surface area contributed by atoms with Gasteiger partial charge in [0.1, 0.15) is 0 Å². The Labute approximate surface area is 86.9 Å². The fraction of sp³-hybridized carbons (Fsp3) is 0.250. The minimum Gasteiger partial charge on any atom is -0.212 e. The fourth-order valence-electron chi connectivity index (χ4n) is 0.981. The third-order valence-corrected chi connectivity index (χ3v) is 2.86. The van der Waals surface area contributed by atoms with Gasteiger partial charge in [0.25, 0.3) is 0 Å². The molecule has 1 aromatic carbocycles. The van der Waals surface area contributed by atoms with Crippen molar-refractivity contribution in [2.45, 2.75) is 12.7 Å². The first-order valence-electron chi connectivity index (χ1n) is 3.56. The van der Waals surface area contributed by atoms with Crippen LogP contribution in [-0.2, 0) is 14.8 Å². The van der Waals surface area contributed by atoms with E-state index < -0.39 is 9.05 Å². The molecule has 0 saturated carbocycles. The normalized spacial score (nSPS) is 11.6. The number of hydrogen-bond donors (Lipinski definition) is 0. The molecule has 0 saturated heterocycles. The molecule has 0 radical (unpaired) electrons. The highest BCUT2D eigenvalue weighted by atomic mass is 35.7. The summed E-state index contributed by atoms with van der Waals surface area (Å²) in [5.74, 6) is -0.180. The molecule has 72 valence electrons. The van der Waals surface area contributed by atoms with Gasteiger partial charge >= 0.3 is 0 Å². The maximum absolute atomic E-state index is 10.8. The van der Waals surface area contributed by atoms with Crippen LogP contribution >= 0.6 is 22.3 Å². The van der Waals surface area contributed by atoms with Crippen LogP contribution < -0.4 is 0 Å². The summed E-state index contributed by atoms with van der Waals surface area (Å²) in [6.45, 7) is 1.81. The summed E-state index contributed by atoms with van der Waals surface area (Å²) in [5, 5.41) is 0.515. The maximum atomic E-state index is 10.8. The number of aryl methyl sites for hydroxylation is 1. The Hall–Kier alpha value is -0.250. The topological polar surface area (TPSA) is 34.1 Å². The van der Waals surface area contributed by atoms with E-state index in [1.807, 2.05) is 6.92 Å². The molecule has 0 heterocycles. The standard InChI is InChI=1S/C8H8Cl2O2S/c1-6-2-3-8(9)4-7(6)5-13(10,11)12/h2-4H,5H2,1H3. The van der Waals surface area contributed by atoms with Crippen molar-refractivity contribution in [2.24, 2.45) is 0 Å². The Morgan fingerprint density at radius 1 is 1.38 bits per heavy atom. The summed E-state index contributed by atoms with van der Waals surface area (Å²) in [5.41, 5.74) is 1.51. The van der Waals surface area contributed by atoms with E-state index >= 15 is 0 Å². The first kappa shape index (κ1) is 10.8. The van der Waals surface area contributed by atoms with Crippen molar-refractivity contribution >= 4 is 31.3 Å². The minimum atomic E-state index is -3.50. The molecule has 0 bridgehead atoms. The van der Waals surface area contributed by atoms with Crippen molar-refractivity contribution in [1.29, 1.82) is 0 Å². The molecular weight excluding hydrogens is 231 g/mol. The molecule has 0 N–H and O–H groups in total. The fourth-order valence-corrected chi connectivity index (χ4v) is 2.21. The molecule has 0 atom stereocenters. The molecule has 0 amide bonds. The van der Waals surface area contributed by atoms with Crippen molar-refractivity contribution in [2.75, 3.05) is 0 Å². The molecule has 0 aliphatic rings. The third-order valence-electron chi connectivity index (χ3n) is 1.64. The zero-order valence-electron chi connectivity index (χ0n) is 6.92. The van der Waals surface area contributed by atoms with E-state index in [1.54, 1.807) is 18.2 Å². The molecule has 0 aliphatic carbocycles. The Bertz CT molecular complexity index is 412. The monoisotopic (exact) mass is 238 g/mol. The number of halogens is 2. The van der Waals surface area contributed by atoms with E-state index in [-0.39, 0.29) is 5.75 Å². The zero-order valence-corrected chi connectivity index (χ0v) is 9.25. The van der Waals surface area contributed by atoms with Gasteiger partial charge in [-0.05, 0) is 30.2 Å². The summed E-state index contributed by atoms with van der Waals surface area (Å²) in [7, 11) is 1.62. The van der Waals surface area contributed by atoms with Gasteiger partial charge in [-0.25, -0.2) is 8.42 Å². The van der Waals surface area contributed by atoms with Gasteiger partial charge in [0.2, 0.25) is 9.05 Å². The van der Waals surface area contributed by atoms with E-state index in [4.69, 9.17) is 22.3 Å². The molecule has 2 nitrogen and oxygen atoms in total. The van der Waals surface area contributed by atoms with Crippen LogP contribution in [0.15, 0.2) is 18.2 Å².